The molecule has 0 spiro atoms. The quantitative estimate of drug-likeness (QED) is 0.665. The molecule has 0 bridgehead atoms. The predicted molar refractivity (Wildman–Crippen MR) is 55.9 cm³/mol. The van der Waals surface area contributed by atoms with Gasteiger partial charge in [0.2, 0.25) is 0 Å². The molecule has 13 heavy (non-hydrogen) atoms. The van der Waals surface area contributed by atoms with E-state index in [2.05, 4.69) is 30.5 Å². The Morgan fingerprint density at radius 2 is 1.85 bits per heavy atom. The molecule has 72 valence electrons. The molecule has 1 heteroatoms. The average Bonchev–Trinajstić information content (AvgIpc) is 2.86. The van der Waals surface area contributed by atoms with Crippen molar-refractivity contribution < 1.29 is 0 Å². The Labute approximate surface area is 80.8 Å². The summed E-state index contributed by atoms with van der Waals surface area (Å²) in [5.74, 6) is 1.08. The van der Waals surface area contributed by atoms with Gasteiger partial charge >= 0.3 is 0 Å². The summed E-state index contributed by atoms with van der Waals surface area (Å²) in [6.45, 7) is 5.62. The van der Waals surface area contributed by atoms with Gasteiger partial charge in [0.05, 0.1) is 0 Å². The second-order valence-electron chi connectivity index (χ2n) is 4.35. The third-order valence-corrected chi connectivity index (χ3v) is 3.11. The van der Waals surface area contributed by atoms with Crippen molar-refractivity contribution in [3.05, 3.63) is 23.5 Å². The highest BCUT2D eigenvalue weighted by Crippen LogP contribution is 2.33. The topological polar surface area (TPSA) is 4.93 Å². The molecule has 0 saturated heterocycles. The van der Waals surface area contributed by atoms with Crippen molar-refractivity contribution in [1.82, 2.24) is 4.57 Å². The van der Waals surface area contributed by atoms with Crippen molar-refractivity contribution in [2.45, 2.75) is 46.1 Å². The fourth-order valence-corrected chi connectivity index (χ4v) is 2.00. The summed E-state index contributed by atoms with van der Waals surface area (Å²) in [6.07, 6.45) is 5.78. The standard InChI is InChI=1S/C12H19N/c1-10-5-6-11(2)13(10)9-3-4-12-7-8-12/h5-6,12H,3-4,7-9H2,1-2H3. The van der Waals surface area contributed by atoms with Crippen LogP contribution in [0, 0.1) is 19.8 Å². The number of rotatable bonds is 4. The first-order chi connectivity index (χ1) is 6.27. The first-order valence-electron chi connectivity index (χ1n) is 5.40. The van der Waals surface area contributed by atoms with Crippen LogP contribution in [0.5, 0.6) is 0 Å². The van der Waals surface area contributed by atoms with Gasteiger partial charge in [0.15, 0.2) is 0 Å². The van der Waals surface area contributed by atoms with Crippen molar-refractivity contribution in [1.29, 1.82) is 0 Å². The first kappa shape index (κ1) is 8.86. The smallest absolute Gasteiger partial charge is 0.0224 e. The van der Waals surface area contributed by atoms with E-state index in [1.807, 2.05) is 0 Å². The number of aryl methyl sites for hydroxylation is 2. The van der Waals surface area contributed by atoms with Crippen LogP contribution in [0.4, 0.5) is 0 Å². The highest BCUT2D eigenvalue weighted by molar-refractivity contribution is 5.13. The van der Waals surface area contributed by atoms with Crippen molar-refractivity contribution >= 4 is 0 Å². The van der Waals surface area contributed by atoms with Crippen LogP contribution in [0.2, 0.25) is 0 Å². The number of aromatic nitrogens is 1. The third-order valence-electron chi connectivity index (χ3n) is 3.11. The molecule has 0 aromatic carbocycles. The number of hydrogen-bond acceptors (Lipinski definition) is 0. The normalized spacial score (nSPS) is 16.5. The van der Waals surface area contributed by atoms with Crippen LogP contribution in [0.25, 0.3) is 0 Å². The van der Waals surface area contributed by atoms with Crippen molar-refractivity contribution in [3.63, 3.8) is 0 Å². The molecule has 1 aromatic heterocycles. The van der Waals surface area contributed by atoms with Gasteiger partial charge in [0.25, 0.3) is 0 Å². The van der Waals surface area contributed by atoms with Crippen LogP contribution in [0.1, 0.15) is 37.1 Å². The molecule has 0 radical (unpaired) electrons. The largest absolute Gasteiger partial charge is 0.349 e. The number of hydrogen-bond donors (Lipinski definition) is 0. The molecule has 2 rings (SSSR count). The van der Waals surface area contributed by atoms with E-state index in [-0.39, 0.29) is 0 Å². The van der Waals surface area contributed by atoms with E-state index in [4.69, 9.17) is 0 Å². The Hall–Kier alpha value is -0.720. The first-order valence-corrected chi connectivity index (χ1v) is 5.40. The highest BCUT2D eigenvalue weighted by Gasteiger charge is 2.20. The maximum atomic E-state index is 2.43. The molecule has 1 aliphatic rings. The van der Waals surface area contributed by atoms with Gasteiger partial charge in [-0.05, 0) is 44.7 Å². The molecule has 0 N–H and O–H groups in total. The van der Waals surface area contributed by atoms with Crippen LogP contribution in [0.15, 0.2) is 12.1 Å². The average molecular weight is 177 g/mol. The van der Waals surface area contributed by atoms with E-state index in [0.717, 1.165) is 5.92 Å². The van der Waals surface area contributed by atoms with E-state index >= 15 is 0 Å². The van der Waals surface area contributed by atoms with Crippen molar-refractivity contribution in [3.8, 4) is 0 Å². The minimum absolute atomic E-state index is 1.08. The molecule has 0 amide bonds. The van der Waals surface area contributed by atoms with Crippen molar-refractivity contribution in [2.24, 2.45) is 5.92 Å². The van der Waals surface area contributed by atoms with Gasteiger partial charge in [0.1, 0.15) is 0 Å². The summed E-state index contributed by atoms with van der Waals surface area (Å²) in [4.78, 5) is 0. The molecule has 0 atom stereocenters. The van der Waals surface area contributed by atoms with Crippen molar-refractivity contribution in [2.75, 3.05) is 0 Å². The second kappa shape index (κ2) is 3.57. The second-order valence-corrected chi connectivity index (χ2v) is 4.35. The van der Waals surface area contributed by atoms with Gasteiger partial charge in [-0.3, -0.25) is 0 Å². The Morgan fingerprint density at radius 1 is 1.23 bits per heavy atom. The van der Waals surface area contributed by atoms with E-state index in [1.165, 1.54) is 43.6 Å². The van der Waals surface area contributed by atoms with E-state index < -0.39 is 0 Å². The molecule has 1 saturated carbocycles. The lowest BCUT2D eigenvalue weighted by Gasteiger charge is -2.08. The Kier molecular flexibility index (Phi) is 2.43. The fraction of sp³-hybridized carbons (Fsp3) is 0.667. The number of nitrogens with zero attached hydrogens (tertiary/aromatic N) is 1. The lowest BCUT2D eigenvalue weighted by Crippen LogP contribution is -2.02. The molecular weight excluding hydrogens is 158 g/mol. The van der Waals surface area contributed by atoms with Gasteiger partial charge in [-0.1, -0.05) is 12.8 Å². The summed E-state index contributed by atoms with van der Waals surface area (Å²) in [6, 6.07) is 4.43. The molecule has 0 unspecified atom stereocenters. The molecule has 1 aliphatic carbocycles. The Balaban J connectivity index is 1.84. The van der Waals surface area contributed by atoms with Crippen LogP contribution < -0.4 is 0 Å². The van der Waals surface area contributed by atoms with Gasteiger partial charge < -0.3 is 4.57 Å². The minimum Gasteiger partial charge on any atom is -0.349 e. The summed E-state index contributed by atoms with van der Waals surface area (Å²) < 4.78 is 2.43. The third kappa shape index (κ3) is 2.15. The lowest BCUT2D eigenvalue weighted by atomic mass is 10.2. The Morgan fingerprint density at radius 3 is 2.38 bits per heavy atom. The fourth-order valence-electron chi connectivity index (χ4n) is 2.00. The summed E-state index contributed by atoms with van der Waals surface area (Å²) in [5.41, 5.74) is 2.82. The van der Waals surface area contributed by atoms with Gasteiger partial charge in [-0.15, -0.1) is 0 Å². The van der Waals surface area contributed by atoms with Gasteiger partial charge in [-0.25, -0.2) is 0 Å². The zero-order valence-electron chi connectivity index (χ0n) is 8.71. The maximum absolute atomic E-state index is 2.43. The molecule has 1 heterocycles. The molecule has 1 aromatic rings. The van der Waals surface area contributed by atoms with Crippen LogP contribution in [-0.2, 0) is 6.54 Å². The SMILES string of the molecule is Cc1ccc(C)n1CCCC1CC1. The highest BCUT2D eigenvalue weighted by atomic mass is 15.0. The lowest BCUT2D eigenvalue weighted by molar-refractivity contribution is 0.563. The zero-order valence-corrected chi connectivity index (χ0v) is 8.71. The Bertz CT molecular complexity index is 262. The molecule has 1 nitrogen and oxygen atoms in total. The molecule has 0 aliphatic heterocycles. The van der Waals surface area contributed by atoms with Crippen LogP contribution >= 0.6 is 0 Å². The maximum Gasteiger partial charge on any atom is 0.0224 e. The van der Waals surface area contributed by atoms with E-state index in [9.17, 15) is 0 Å². The zero-order chi connectivity index (χ0) is 9.26. The monoisotopic (exact) mass is 177 g/mol. The summed E-state index contributed by atoms with van der Waals surface area (Å²) >= 11 is 0. The van der Waals surface area contributed by atoms with Crippen LogP contribution in [-0.4, -0.2) is 4.57 Å². The summed E-state index contributed by atoms with van der Waals surface area (Å²) in [5, 5.41) is 0. The van der Waals surface area contributed by atoms with Gasteiger partial charge in [0, 0.05) is 17.9 Å². The molecular formula is C12H19N. The van der Waals surface area contributed by atoms with Crippen LogP contribution in [0.3, 0.4) is 0 Å². The minimum atomic E-state index is 1.08. The van der Waals surface area contributed by atoms with E-state index in [0.29, 0.717) is 0 Å². The van der Waals surface area contributed by atoms with Gasteiger partial charge in [-0.2, -0.15) is 0 Å². The molecule has 1 fully saturated rings. The predicted octanol–water partition coefficient (Wildman–Crippen LogP) is 3.30. The van der Waals surface area contributed by atoms with E-state index in [1.54, 1.807) is 0 Å². The summed E-state index contributed by atoms with van der Waals surface area (Å²) in [7, 11) is 0.